The van der Waals surface area contributed by atoms with Crippen LogP contribution in [-0.4, -0.2) is 76.1 Å². The summed E-state index contributed by atoms with van der Waals surface area (Å²) < 4.78 is 5.85. The van der Waals surface area contributed by atoms with Crippen LogP contribution in [0.2, 0.25) is 0 Å². The number of aliphatic hydroxyl groups is 1. The van der Waals surface area contributed by atoms with E-state index < -0.39 is 36.4 Å². The molecule has 41 heavy (non-hydrogen) atoms. The van der Waals surface area contributed by atoms with Crippen molar-refractivity contribution in [2.75, 3.05) is 27.2 Å². The van der Waals surface area contributed by atoms with Gasteiger partial charge in [0.2, 0.25) is 0 Å². The SMILES string of the molecule is CC(/C=C(/c1ccccc1)c1ccc(OCCN(C)C)cc1)c1ccccc1.O=C(O)CC(O)(CC(=O)O)C(=O)O. The lowest BCUT2D eigenvalue weighted by molar-refractivity contribution is -0.170. The zero-order valence-electron chi connectivity index (χ0n) is 23.4. The van der Waals surface area contributed by atoms with Crippen molar-refractivity contribution >= 4 is 23.5 Å². The van der Waals surface area contributed by atoms with Gasteiger partial charge in [-0.3, -0.25) is 9.59 Å². The predicted octanol–water partition coefficient (Wildman–Crippen LogP) is 4.61. The third-order valence-electron chi connectivity index (χ3n) is 6.08. The van der Waals surface area contributed by atoms with E-state index in [-0.39, 0.29) is 0 Å². The van der Waals surface area contributed by atoms with E-state index in [1.807, 2.05) is 0 Å². The number of rotatable bonds is 13. The number of benzene rings is 3. The van der Waals surface area contributed by atoms with Crippen molar-refractivity contribution in [2.24, 2.45) is 0 Å². The Morgan fingerprint density at radius 1 is 0.805 bits per heavy atom. The average Bonchev–Trinajstić information content (AvgIpc) is 2.92. The lowest BCUT2D eigenvalue weighted by atomic mass is 9.91. The number of carboxylic acid groups (broad SMARTS) is 3. The number of carbonyl (C=O) groups is 3. The number of aliphatic carboxylic acids is 3. The monoisotopic (exact) mass is 563 g/mol. The second kappa shape index (κ2) is 16.0. The van der Waals surface area contributed by atoms with Gasteiger partial charge in [0.25, 0.3) is 0 Å². The Hall–Kier alpha value is -4.47. The van der Waals surface area contributed by atoms with E-state index in [1.54, 1.807) is 0 Å². The predicted molar refractivity (Wildman–Crippen MR) is 156 cm³/mol. The maximum absolute atomic E-state index is 10.3. The summed E-state index contributed by atoms with van der Waals surface area (Å²) in [5.41, 5.74) is 2.26. The molecule has 9 nitrogen and oxygen atoms in total. The smallest absolute Gasteiger partial charge is 0.336 e. The van der Waals surface area contributed by atoms with Gasteiger partial charge in [-0.15, -0.1) is 0 Å². The van der Waals surface area contributed by atoms with E-state index in [1.165, 1.54) is 22.3 Å². The van der Waals surface area contributed by atoms with Gasteiger partial charge in [0.1, 0.15) is 12.4 Å². The first-order valence-corrected chi connectivity index (χ1v) is 13.0. The van der Waals surface area contributed by atoms with E-state index in [4.69, 9.17) is 25.2 Å². The van der Waals surface area contributed by atoms with Crippen molar-refractivity contribution in [2.45, 2.75) is 31.3 Å². The number of hydrogen-bond acceptors (Lipinski definition) is 6. The maximum atomic E-state index is 10.3. The third kappa shape index (κ3) is 11.3. The molecular formula is C32H37NO8. The minimum Gasteiger partial charge on any atom is -0.492 e. The molecule has 1 unspecified atom stereocenters. The lowest BCUT2D eigenvalue weighted by Gasteiger charge is -2.18. The highest BCUT2D eigenvalue weighted by molar-refractivity contribution is 5.88. The summed E-state index contributed by atoms with van der Waals surface area (Å²) in [4.78, 5) is 32.6. The Labute approximate surface area is 240 Å². The van der Waals surface area contributed by atoms with Crippen LogP contribution in [0.15, 0.2) is 91.0 Å². The number of carboxylic acids is 3. The van der Waals surface area contributed by atoms with Crippen molar-refractivity contribution in [3.63, 3.8) is 0 Å². The Bertz CT molecular complexity index is 1270. The average molecular weight is 564 g/mol. The second-order valence-electron chi connectivity index (χ2n) is 9.80. The van der Waals surface area contributed by atoms with Gasteiger partial charge >= 0.3 is 17.9 Å². The lowest BCUT2D eigenvalue weighted by Crippen LogP contribution is -2.42. The Morgan fingerprint density at radius 2 is 1.29 bits per heavy atom. The molecule has 0 saturated carbocycles. The first kappa shape index (κ1) is 32.7. The number of likely N-dealkylation sites (N-methyl/N-ethyl adjacent to an activating group) is 1. The molecule has 0 aliphatic rings. The summed E-state index contributed by atoms with van der Waals surface area (Å²) in [5, 5.41) is 33.8. The largest absolute Gasteiger partial charge is 0.492 e. The molecule has 0 bridgehead atoms. The highest BCUT2D eigenvalue weighted by Crippen LogP contribution is 2.29. The van der Waals surface area contributed by atoms with Gasteiger partial charge in [-0.1, -0.05) is 85.8 Å². The van der Waals surface area contributed by atoms with Gasteiger partial charge in [0.15, 0.2) is 5.60 Å². The molecular weight excluding hydrogens is 526 g/mol. The van der Waals surface area contributed by atoms with Gasteiger partial charge < -0.3 is 30.1 Å². The van der Waals surface area contributed by atoms with Crippen LogP contribution in [0.25, 0.3) is 5.57 Å². The fourth-order valence-corrected chi connectivity index (χ4v) is 3.87. The Morgan fingerprint density at radius 3 is 1.76 bits per heavy atom. The molecule has 9 heteroatoms. The van der Waals surface area contributed by atoms with Crippen molar-refractivity contribution in [3.8, 4) is 5.75 Å². The quantitative estimate of drug-likeness (QED) is 0.234. The van der Waals surface area contributed by atoms with Gasteiger partial charge in [0, 0.05) is 6.54 Å². The third-order valence-corrected chi connectivity index (χ3v) is 6.08. The molecule has 0 saturated heterocycles. The van der Waals surface area contributed by atoms with Gasteiger partial charge in [-0.05, 0) is 54.4 Å². The van der Waals surface area contributed by atoms with Crippen LogP contribution in [0.3, 0.4) is 0 Å². The minimum atomic E-state index is -2.74. The van der Waals surface area contributed by atoms with Crippen molar-refractivity contribution in [1.29, 1.82) is 0 Å². The molecule has 1 atom stereocenters. The summed E-state index contributed by atoms with van der Waals surface area (Å²) >= 11 is 0. The van der Waals surface area contributed by atoms with Crippen LogP contribution < -0.4 is 4.74 Å². The summed E-state index contributed by atoms with van der Waals surface area (Å²) in [5.74, 6) is -3.78. The van der Waals surface area contributed by atoms with E-state index in [2.05, 4.69) is 117 Å². The molecule has 218 valence electrons. The summed E-state index contributed by atoms with van der Waals surface area (Å²) in [6.07, 6.45) is 0.0653. The van der Waals surface area contributed by atoms with Crippen LogP contribution >= 0.6 is 0 Å². The normalized spacial score (nSPS) is 12.2. The van der Waals surface area contributed by atoms with Crippen molar-refractivity contribution < 1.29 is 39.5 Å². The molecule has 0 aromatic heterocycles. The molecule has 0 amide bonds. The molecule has 4 N–H and O–H groups in total. The van der Waals surface area contributed by atoms with Crippen LogP contribution in [0, 0.1) is 0 Å². The van der Waals surface area contributed by atoms with E-state index in [0.717, 1.165) is 12.3 Å². The fourth-order valence-electron chi connectivity index (χ4n) is 3.87. The molecule has 0 aliphatic carbocycles. The van der Waals surface area contributed by atoms with E-state index in [9.17, 15) is 14.4 Å². The minimum absolute atomic E-state index is 0.326. The van der Waals surface area contributed by atoms with E-state index >= 15 is 0 Å². The molecule has 3 rings (SSSR count). The maximum Gasteiger partial charge on any atom is 0.336 e. The van der Waals surface area contributed by atoms with Crippen molar-refractivity contribution in [1.82, 2.24) is 4.90 Å². The Balaban J connectivity index is 0.000000383. The number of allylic oxidation sites excluding steroid dienone is 1. The van der Waals surface area contributed by atoms with E-state index in [0.29, 0.717) is 12.5 Å². The number of ether oxygens (including phenoxy) is 1. The zero-order chi connectivity index (χ0) is 30.4. The zero-order valence-corrected chi connectivity index (χ0v) is 23.4. The molecule has 0 fully saturated rings. The highest BCUT2D eigenvalue weighted by atomic mass is 16.5. The van der Waals surface area contributed by atoms with Crippen LogP contribution in [0.4, 0.5) is 0 Å². The molecule has 0 heterocycles. The summed E-state index contributed by atoms with van der Waals surface area (Å²) in [6.45, 7) is 3.85. The standard InChI is InChI=1S/C26H29NO.C6H8O7/c1-21(22-10-6-4-7-11-22)20-26(23-12-8-5-9-13-23)24-14-16-25(17-15-24)28-19-18-27(2)3;7-3(8)1-6(13,5(11)12)2-4(9)10/h4-17,20-21H,18-19H2,1-3H3;13H,1-2H2,(H,7,8)(H,9,10)(H,11,12)/b26-20-;. The summed E-state index contributed by atoms with van der Waals surface area (Å²) in [6, 6.07) is 29.7. The molecule has 0 spiro atoms. The number of hydrogen-bond donors (Lipinski definition) is 4. The van der Waals surface area contributed by atoms with Crippen LogP contribution in [-0.2, 0) is 14.4 Å². The molecule has 3 aromatic rings. The first-order chi connectivity index (χ1) is 19.4. The van der Waals surface area contributed by atoms with Crippen LogP contribution in [0.5, 0.6) is 5.75 Å². The van der Waals surface area contributed by atoms with Crippen molar-refractivity contribution in [3.05, 3.63) is 108 Å². The van der Waals surface area contributed by atoms with Gasteiger partial charge in [-0.25, -0.2) is 4.79 Å². The molecule has 3 aromatic carbocycles. The second-order valence-corrected chi connectivity index (χ2v) is 9.80. The Kier molecular flexibility index (Phi) is 12.7. The number of nitrogens with zero attached hydrogens (tertiary/aromatic N) is 1. The van der Waals surface area contributed by atoms with Gasteiger partial charge in [-0.2, -0.15) is 0 Å². The summed E-state index contributed by atoms with van der Waals surface area (Å²) in [7, 11) is 4.11. The van der Waals surface area contributed by atoms with Gasteiger partial charge in [0.05, 0.1) is 12.8 Å². The topological polar surface area (TPSA) is 145 Å². The highest BCUT2D eigenvalue weighted by Gasteiger charge is 2.40. The fraction of sp³-hybridized carbons (Fsp3) is 0.281. The molecule has 0 radical (unpaired) electrons. The first-order valence-electron chi connectivity index (χ1n) is 13.0. The molecule has 0 aliphatic heterocycles. The van der Waals surface area contributed by atoms with Crippen LogP contribution in [0.1, 0.15) is 42.4 Å².